The average Bonchev–Trinajstić information content (AvgIpc) is 3.04. The number of nitrogens with two attached hydrogens (primary N) is 1. The molecule has 0 radical (unpaired) electrons. The van der Waals surface area contributed by atoms with Gasteiger partial charge in [-0.1, -0.05) is 24.3 Å². The fourth-order valence-corrected chi connectivity index (χ4v) is 4.57. The first kappa shape index (κ1) is 36.6. The number of carbonyl (C=O) groups is 7. The first-order valence-corrected chi connectivity index (χ1v) is 14.3. The summed E-state index contributed by atoms with van der Waals surface area (Å²) in [5.74, 6) is -5.84. The fraction of sp³-hybridized carbons (Fsp3) is 0.536. The molecule has 1 aromatic carbocycles. The lowest BCUT2D eigenvalue weighted by molar-refractivity contribution is -0.140. The zero-order valence-corrected chi connectivity index (χ0v) is 24.9. The molecule has 1 aliphatic rings. The van der Waals surface area contributed by atoms with E-state index in [1.54, 1.807) is 21.9 Å². The van der Waals surface area contributed by atoms with Gasteiger partial charge in [0.1, 0.15) is 6.04 Å². The van der Waals surface area contributed by atoms with Crippen molar-refractivity contribution >= 4 is 41.5 Å². The summed E-state index contributed by atoms with van der Waals surface area (Å²) in [4.78, 5) is 87.1. The number of aliphatic carboxylic acids is 3. The molecule has 17 nitrogen and oxygen atoms in total. The molecule has 1 heterocycles. The van der Waals surface area contributed by atoms with Crippen LogP contribution in [0.5, 0.6) is 0 Å². The third kappa shape index (κ3) is 15.6. The predicted octanol–water partition coefficient (Wildman–Crippen LogP) is -3.11. The third-order valence-electron chi connectivity index (χ3n) is 6.89. The summed E-state index contributed by atoms with van der Waals surface area (Å²) < 4.78 is 0. The van der Waals surface area contributed by atoms with E-state index in [0.29, 0.717) is 51.4 Å². The standard InChI is InChI=1S/C28H41N7O10/c29-22(36)14-30-24(38)15-31-28(45)21(5-6-25(39)40)32-23(37)13-19-1-3-20(4-2-19)16-33-7-9-34(17-26(41)42)11-12-35(10-8-33)18-27(43)44/h1-4,21H,5-18H2,(H2,29,36)(H,30,38)(H,31,45)(H,32,37)(H,39,40)(H,41,42)(H,43,44). The number of primary amides is 1. The van der Waals surface area contributed by atoms with E-state index in [1.165, 1.54) is 0 Å². The van der Waals surface area contributed by atoms with Crippen LogP contribution in [0, 0.1) is 0 Å². The number of rotatable bonds is 17. The van der Waals surface area contributed by atoms with Crippen molar-refractivity contribution in [1.82, 2.24) is 30.7 Å². The van der Waals surface area contributed by atoms with Crippen LogP contribution in [-0.4, -0.2) is 143 Å². The molecule has 17 heteroatoms. The molecule has 2 rings (SSSR count). The molecule has 0 saturated carbocycles. The van der Waals surface area contributed by atoms with E-state index in [2.05, 4.69) is 20.9 Å². The maximum atomic E-state index is 12.7. The molecule has 0 bridgehead atoms. The summed E-state index contributed by atoms with van der Waals surface area (Å²) in [5, 5.41) is 34.5. The molecule has 0 spiro atoms. The van der Waals surface area contributed by atoms with E-state index in [9.17, 15) is 43.8 Å². The van der Waals surface area contributed by atoms with Crippen LogP contribution in [0.1, 0.15) is 24.0 Å². The van der Waals surface area contributed by atoms with Crippen molar-refractivity contribution in [2.45, 2.75) is 31.8 Å². The molecule has 0 aromatic heterocycles. The van der Waals surface area contributed by atoms with Crippen molar-refractivity contribution in [1.29, 1.82) is 0 Å². The highest BCUT2D eigenvalue weighted by Crippen LogP contribution is 2.11. The topological polar surface area (TPSA) is 252 Å². The number of carbonyl (C=O) groups excluding carboxylic acids is 4. The zero-order chi connectivity index (χ0) is 33.4. The van der Waals surface area contributed by atoms with Crippen LogP contribution in [0.15, 0.2) is 24.3 Å². The van der Waals surface area contributed by atoms with Gasteiger partial charge >= 0.3 is 17.9 Å². The van der Waals surface area contributed by atoms with Crippen LogP contribution in [0.3, 0.4) is 0 Å². The Labute approximate surface area is 259 Å². The number of benzene rings is 1. The summed E-state index contributed by atoms with van der Waals surface area (Å²) in [6, 6.07) is 5.94. The average molecular weight is 636 g/mol. The minimum Gasteiger partial charge on any atom is -0.481 e. The third-order valence-corrected chi connectivity index (χ3v) is 6.89. The summed E-state index contributed by atoms with van der Waals surface area (Å²) in [6.07, 6.45) is -0.716. The molecule has 45 heavy (non-hydrogen) atoms. The molecular formula is C28H41N7O10. The second-order valence-corrected chi connectivity index (χ2v) is 10.6. The summed E-state index contributed by atoms with van der Waals surface area (Å²) in [6.45, 7) is 2.34. The quantitative estimate of drug-likeness (QED) is 0.0896. The SMILES string of the molecule is NC(=O)CNC(=O)CNC(=O)C(CCC(=O)O)NC(=O)Cc1ccc(CN2CCN(CC(=O)O)CCN(CC(=O)O)CC2)cc1. The fourth-order valence-electron chi connectivity index (χ4n) is 4.57. The molecule has 1 aliphatic heterocycles. The van der Waals surface area contributed by atoms with Crippen molar-refractivity contribution < 1.29 is 48.9 Å². The van der Waals surface area contributed by atoms with Crippen molar-refractivity contribution in [3.8, 4) is 0 Å². The van der Waals surface area contributed by atoms with Crippen molar-refractivity contribution in [2.24, 2.45) is 5.73 Å². The molecule has 0 aliphatic carbocycles. The van der Waals surface area contributed by atoms with Crippen molar-refractivity contribution in [2.75, 3.05) is 65.4 Å². The van der Waals surface area contributed by atoms with Gasteiger partial charge in [-0.2, -0.15) is 0 Å². The van der Waals surface area contributed by atoms with E-state index in [-0.39, 0.29) is 25.9 Å². The number of hydrogen-bond donors (Lipinski definition) is 7. The predicted molar refractivity (Wildman–Crippen MR) is 158 cm³/mol. The smallest absolute Gasteiger partial charge is 0.317 e. The van der Waals surface area contributed by atoms with Gasteiger partial charge in [0.15, 0.2) is 0 Å². The van der Waals surface area contributed by atoms with E-state index in [1.807, 2.05) is 12.1 Å². The van der Waals surface area contributed by atoms with Crippen LogP contribution >= 0.6 is 0 Å². The van der Waals surface area contributed by atoms with Gasteiger partial charge in [-0.25, -0.2) is 0 Å². The van der Waals surface area contributed by atoms with Crippen LogP contribution < -0.4 is 21.7 Å². The molecule has 1 aromatic rings. The Morgan fingerprint density at radius 2 is 1.20 bits per heavy atom. The Kier molecular flexibility index (Phi) is 15.4. The van der Waals surface area contributed by atoms with Crippen molar-refractivity contribution in [3.63, 3.8) is 0 Å². The van der Waals surface area contributed by atoms with E-state index >= 15 is 0 Å². The maximum absolute atomic E-state index is 12.7. The second-order valence-electron chi connectivity index (χ2n) is 10.6. The molecule has 8 N–H and O–H groups in total. The molecule has 248 valence electrons. The maximum Gasteiger partial charge on any atom is 0.317 e. The van der Waals surface area contributed by atoms with Crippen LogP contribution in [0.4, 0.5) is 0 Å². The first-order valence-electron chi connectivity index (χ1n) is 14.3. The Balaban J connectivity index is 1.97. The van der Waals surface area contributed by atoms with Gasteiger partial charge in [0.05, 0.1) is 32.6 Å². The van der Waals surface area contributed by atoms with Gasteiger partial charge in [0.25, 0.3) is 0 Å². The van der Waals surface area contributed by atoms with Crippen LogP contribution in [0.2, 0.25) is 0 Å². The summed E-state index contributed by atoms with van der Waals surface area (Å²) >= 11 is 0. The normalized spacial score (nSPS) is 15.5. The number of nitrogens with zero attached hydrogens (tertiary/aromatic N) is 3. The number of carboxylic acid groups (broad SMARTS) is 3. The Morgan fingerprint density at radius 1 is 0.689 bits per heavy atom. The molecular weight excluding hydrogens is 594 g/mol. The number of amides is 4. The van der Waals surface area contributed by atoms with Gasteiger partial charge in [-0.15, -0.1) is 0 Å². The highest BCUT2D eigenvalue weighted by atomic mass is 16.4. The zero-order valence-electron chi connectivity index (χ0n) is 24.9. The monoisotopic (exact) mass is 635 g/mol. The molecule has 1 saturated heterocycles. The lowest BCUT2D eigenvalue weighted by atomic mass is 10.1. The number of nitrogens with one attached hydrogen (secondary N) is 3. The van der Waals surface area contributed by atoms with E-state index < -0.39 is 67.1 Å². The molecule has 4 amide bonds. The van der Waals surface area contributed by atoms with Crippen LogP contribution in [-0.2, 0) is 46.5 Å². The highest BCUT2D eigenvalue weighted by molar-refractivity contribution is 5.92. The van der Waals surface area contributed by atoms with Crippen LogP contribution in [0.25, 0.3) is 0 Å². The minimum atomic E-state index is -1.21. The van der Waals surface area contributed by atoms with Gasteiger partial charge in [-0.3, -0.25) is 48.3 Å². The minimum absolute atomic E-state index is 0.103. The molecule has 1 unspecified atom stereocenters. The largest absolute Gasteiger partial charge is 0.481 e. The Hall–Kier alpha value is -4.61. The lowest BCUT2D eigenvalue weighted by Gasteiger charge is -2.25. The van der Waals surface area contributed by atoms with Crippen molar-refractivity contribution in [3.05, 3.63) is 35.4 Å². The summed E-state index contributed by atoms with van der Waals surface area (Å²) in [7, 11) is 0. The number of hydrogen-bond acceptors (Lipinski definition) is 10. The van der Waals surface area contributed by atoms with Gasteiger partial charge in [0.2, 0.25) is 23.6 Å². The highest BCUT2D eigenvalue weighted by Gasteiger charge is 2.23. The second kappa shape index (κ2) is 18.9. The Bertz CT molecular complexity index is 1180. The summed E-state index contributed by atoms with van der Waals surface area (Å²) in [5.41, 5.74) is 6.50. The molecule has 1 atom stereocenters. The molecule has 1 fully saturated rings. The van der Waals surface area contributed by atoms with Gasteiger partial charge < -0.3 is 37.0 Å². The number of carboxylic acids is 3. The van der Waals surface area contributed by atoms with E-state index in [4.69, 9.17) is 10.8 Å². The first-order chi connectivity index (χ1) is 21.3. The van der Waals surface area contributed by atoms with E-state index in [0.717, 1.165) is 5.56 Å². The van der Waals surface area contributed by atoms with Gasteiger partial charge in [0, 0.05) is 52.2 Å². The Morgan fingerprint density at radius 3 is 1.69 bits per heavy atom. The van der Waals surface area contributed by atoms with Gasteiger partial charge in [-0.05, 0) is 17.5 Å². The lowest BCUT2D eigenvalue weighted by Crippen LogP contribution is -2.50.